The van der Waals surface area contributed by atoms with Crippen LogP contribution in [0.4, 0.5) is 0 Å². The van der Waals surface area contributed by atoms with E-state index in [1.807, 2.05) is 0 Å². The number of rotatable bonds is 50. The van der Waals surface area contributed by atoms with Crippen molar-refractivity contribution in [2.24, 2.45) is 0 Å². The summed E-state index contributed by atoms with van der Waals surface area (Å²) >= 11 is 0. The Morgan fingerprint density at radius 2 is 0.783 bits per heavy atom. The molecule has 0 aromatic heterocycles. The molecule has 0 aromatic rings. The molecule has 0 fully saturated rings. The van der Waals surface area contributed by atoms with Crippen molar-refractivity contribution in [2.75, 3.05) is 13.2 Å². The summed E-state index contributed by atoms with van der Waals surface area (Å²) in [6, 6.07) is -0.544. The van der Waals surface area contributed by atoms with Crippen LogP contribution >= 0.6 is 0 Å². The highest BCUT2D eigenvalue weighted by Gasteiger charge is 2.20. The van der Waals surface area contributed by atoms with Crippen LogP contribution in [-0.4, -0.2) is 47.4 Å². The maximum Gasteiger partial charge on any atom is 0.305 e. The van der Waals surface area contributed by atoms with Crippen LogP contribution in [0.2, 0.25) is 0 Å². The lowest BCUT2D eigenvalue weighted by molar-refractivity contribution is -0.143. The normalized spacial score (nSPS) is 12.7. The van der Waals surface area contributed by atoms with E-state index in [-0.39, 0.29) is 18.5 Å². The molecular formula is C54H105NO5. The zero-order valence-corrected chi connectivity index (χ0v) is 40.5. The average molecular weight is 848 g/mol. The van der Waals surface area contributed by atoms with Gasteiger partial charge >= 0.3 is 5.97 Å². The molecule has 0 rings (SSSR count). The lowest BCUT2D eigenvalue weighted by atomic mass is 10.0. The topological polar surface area (TPSA) is 95.9 Å². The largest absolute Gasteiger partial charge is 0.466 e. The third-order valence-electron chi connectivity index (χ3n) is 12.6. The fourth-order valence-corrected chi connectivity index (χ4v) is 8.40. The minimum atomic E-state index is -0.666. The summed E-state index contributed by atoms with van der Waals surface area (Å²) in [5.41, 5.74) is 0. The minimum absolute atomic E-state index is 0.00970. The molecule has 6 heteroatoms. The van der Waals surface area contributed by atoms with Gasteiger partial charge in [0.05, 0.1) is 25.4 Å². The zero-order valence-electron chi connectivity index (χ0n) is 40.5. The van der Waals surface area contributed by atoms with E-state index in [0.29, 0.717) is 25.9 Å². The van der Waals surface area contributed by atoms with Crippen molar-refractivity contribution in [1.29, 1.82) is 0 Å². The Balaban J connectivity index is 3.39. The zero-order chi connectivity index (χ0) is 43.7. The molecular weight excluding hydrogens is 743 g/mol. The van der Waals surface area contributed by atoms with Crippen LogP contribution in [0.1, 0.15) is 296 Å². The molecule has 0 aliphatic heterocycles. The van der Waals surface area contributed by atoms with Crippen molar-refractivity contribution in [3.05, 3.63) is 12.2 Å². The van der Waals surface area contributed by atoms with E-state index in [9.17, 15) is 19.8 Å². The number of aliphatic hydroxyl groups is 2. The van der Waals surface area contributed by atoms with E-state index in [1.54, 1.807) is 0 Å². The third-order valence-corrected chi connectivity index (χ3v) is 12.6. The lowest BCUT2D eigenvalue weighted by Gasteiger charge is -2.22. The number of carbonyl (C=O) groups excluding carboxylic acids is 2. The summed E-state index contributed by atoms with van der Waals surface area (Å²) in [6.45, 7) is 4.93. The van der Waals surface area contributed by atoms with E-state index in [0.717, 1.165) is 38.5 Å². The second-order valence-electron chi connectivity index (χ2n) is 18.6. The highest BCUT2D eigenvalue weighted by atomic mass is 16.5. The van der Waals surface area contributed by atoms with E-state index in [1.165, 1.54) is 225 Å². The number of amides is 1. The molecule has 356 valence electrons. The van der Waals surface area contributed by atoms with Crippen molar-refractivity contribution in [1.82, 2.24) is 5.32 Å². The summed E-state index contributed by atoms with van der Waals surface area (Å²) < 4.78 is 5.47. The van der Waals surface area contributed by atoms with E-state index in [2.05, 4.69) is 31.3 Å². The Hall–Kier alpha value is -1.40. The third kappa shape index (κ3) is 46.1. The van der Waals surface area contributed by atoms with Crippen molar-refractivity contribution in [2.45, 2.75) is 309 Å². The van der Waals surface area contributed by atoms with Gasteiger partial charge in [-0.05, 0) is 51.4 Å². The van der Waals surface area contributed by atoms with Crippen LogP contribution in [0, 0.1) is 0 Å². The Morgan fingerprint density at radius 1 is 0.450 bits per heavy atom. The Bertz CT molecular complexity index is 893. The van der Waals surface area contributed by atoms with Gasteiger partial charge in [0.15, 0.2) is 0 Å². The number of carbonyl (C=O) groups is 2. The molecule has 0 aliphatic carbocycles. The van der Waals surface area contributed by atoms with E-state index < -0.39 is 12.1 Å². The fourth-order valence-electron chi connectivity index (χ4n) is 8.40. The minimum Gasteiger partial charge on any atom is -0.466 e. The van der Waals surface area contributed by atoms with Crippen LogP contribution in [0.5, 0.6) is 0 Å². The first kappa shape index (κ1) is 58.6. The molecule has 6 nitrogen and oxygen atoms in total. The second-order valence-corrected chi connectivity index (χ2v) is 18.6. The fraction of sp³-hybridized carbons (Fsp3) is 0.926. The standard InChI is InChI=1S/C54H105NO5/c1-3-5-7-9-11-13-14-24-28-32-36-40-44-48-54(59)60-49-45-41-37-33-29-26-23-21-19-17-15-16-18-20-22-25-27-31-35-39-43-47-53(58)55-51(50-56)52(57)46-42-38-34-30-12-10-8-6-4-2/h16,18,51-52,56-57H,3-15,17,19-50H2,1-2H3,(H,55,58)/b18-16-. The molecule has 0 saturated heterocycles. The highest BCUT2D eigenvalue weighted by molar-refractivity contribution is 5.76. The lowest BCUT2D eigenvalue weighted by Crippen LogP contribution is -2.45. The van der Waals surface area contributed by atoms with Crippen molar-refractivity contribution in [3.8, 4) is 0 Å². The molecule has 0 aliphatic rings. The second kappa shape index (κ2) is 50.2. The quantitative estimate of drug-likeness (QED) is 0.0322. The molecule has 0 heterocycles. The number of aliphatic hydroxyl groups excluding tert-OH is 2. The van der Waals surface area contributed by atoms with Gasteiger partial charge in [-0.2, -0.15) is 0 Å². The van der Waals surface area contributed by atoms with Crippen LogP contribution in [-0.2, 0) is 14.3 Å². The van der Waals surface area contributed by atoms with Gasteiger partial charge in [-0.3, -0.25) is 9.59 Å². The molecule has 0 spiro atoms. The van der Waals surface area contributed by atoms with Gasteiger partial charge in [-0.15, -0.1) is 0 Å². The highest BCUT2D eigenvalue weighted by Crippen LogP contribution is 2.16. The summed E-state index contributed by atoms with van der Waals surface area (Å²) in [7, 11) is 0. The molecule has 1 amide bonds. The van der Waals surface area contributed by atoms with Gasteiger partial charge in [-0.1, -0.05) is 244 Å². The Kier molecular flexibility index (Phi) is 49.1. The summed E-state index contributed by atoms with van der Waals surface area (Å²) in [4.78, 5) is 24.4. The Morgan fingerprint density at radius 3 is 1.18 bits per heavy atom. The van der Waals surface area contributed by atoms with Crippen LogP contribution in [0.25, 0.3) is 0 Å². The number of hydrogen-bond acceptors (Lipinski definition) is 5. The van der Waals surface area contributed by atoms with Gasteiger partial charge in [0.25, 0.3) is 0 Å². The average Bonchev–Trinajstić information content (AvgIpc) is 3.25. The smallest absolute Gasteiger partial charge is 0.305 e. The molecule has 3 N–H and O–H groups in total. The summed E-state index contributed by atoms with van der Waals surface area (Å²) in [5.74, 6) is -0.0350. The van der Waals surface area contributed by atoms with Crippen LogP contribution in [0.15, 0.2) is 12.2 Å². The Labute approximate surface area is 374 Å². The monoisotopic (exact) mass is 848 g/mol. The van der Waals surface area contributed by atoms with Crippen molar-refractivity contribution >= 4 is 11.9 Å². The molecule has 0 radical (unpaired) electrons. The first-order chi connectivity index (χ1) is 29.5. The molecule has 0 aromatic carbocycles. The maximum atomic E-state index is 12.4. The number of unbranched alkanes of at least 4 members (excludes halogenated alkanes) is 37. The van der Waals surface area contributed by atoms with E-state index >= 15 is 0 Å². The summed E-state index contributed by atoms with van der Waals surface area (Å²) in [5, 5.41) is 23.1. The first-order valence-corrected chi connectivity index (χ1v) is 26.9. The molecule has 60 heavy (non-hydrogen) atoms. The van der Waals surface area contributed by atoms with Gasteiger partial charge in [0, 0.05) is 12.8 Å². The van der Waals surface area contributed by atoms with Gasteiger partial charge in [0.2, 0.25) is 5.91 Å². The predicted molar refractivity (Wildman–Crippen MR) is 260 cm³/mol. The molecule has 0 bridgehead atoms. The van der Waals surface area contributed by atoms with Gasteiger partial charge < -0.3 is 20.3 Å². The number of ether oxygens (including phenoxy) is 1. The van der Waals surface area contributed by atoms with E-state index in [4.69, 9.17) is 4.74 Å². The van der Waals surface area contributed by atoms with Crippen LogP contribution < -0.4 is 5.32 Å². The number of allylic oxidation sites excluding steroid dienone is 2. The number of esters is 1. The van der Waals surface area contributed by atoms with Crippen molar-refractivity contribution < 1.29 is 24.5 Å². The van der Waals surface area contributed by atoms with Crippen molar-refractivity contribution in [3.63, 3.8) is 0 Å². The first-order valence-electron chi connectivity index (χ1n) is 26.9. The predicted octanol–water partition coefficient (Wildman–Crippen LogP) is 16.1. The van der Waals surface area contributed by atoms with Crippen LogP contribution in [0.3, 0.4) is 0 Å². The number of nitrogens with one attached hydrogen (secondary N) is 1. The number of hydrogen-bond donors (Lipinski definition) is 3. The SMILES string of the molecule is CCCCCCCCCCCCCCCC(=O)OCCCCCCCCCCCC/C=C\CCCCCCCCCC(=O)NC(CO)C(O)CCCCCCCCCCC. The van der Waals surface area contributed by atoms with Gasteiger partial charge in [0.1, 0.15) is 0 Å². The molecule has 0 saturated carbocycles. The molecule has 2 atom stereocenters. The summed E-state index contributed by atoms with van der Waals surface area (Å²) in [6.07, 6.45) is 57.7. The molecule has 2 unspecified atom stereocenters. The van der Waals surface area contributed by atoms with Gasteiger partial charge in [-0.25, -0.2) is 0 Å². The maximum absolute atomic E-state index is 12.4.